The van der Waals surface area contributed by atoms with Gasteiger partial charge < -0.3 is 25.2 Å². The molecule has 1 aromatic carbocycles. The number of fused-ring (bicyclic) bond motifs is 1. The second kappa shape index (κ2) is 10.3. The Kier molecular flexibility index (Phi) is 6.79. The third-order valence-corrected chi connectivity index (χ3v) is 7.00. The van der Waals surface area contributed by atoms with Crippen LogP contribution in [0.5, 0.6) is 5.75 Å². The monoisotopic (exact) mass is 501 g/mol. The van der Waals surface area contributed by atoms with Gasteiger partial charge in [-0.25, -0.2) is 15.0 Å². The molecule has 1 fully saturated rings. The molecule has 3 aromatic heterocycles. The molecule has 0 aliphatic carbocycles. The normalized spacial score (nSPS) is 14.0. The third-order valence-electron chi connectivity index (χ3n) is 6.10. The van der Waals surface area contributed by atoms with Gasteiger partial charge in [-0.2, -0.15) is 0 Å². The van der Waals surface area contributed by atoms with Crippen LogP contribution in [0.3, 0.4) is 0 Å². The van der Waals surface area contributed by atoms with Crippen LogP contribution < -0.4 is 20.3 Å². The van der Waals surface area contributed by atoms with Crippen molar-refractivity contribution in [2.75, 3.05) is 55.9 Å². The molecule has 184 valence electrons. The van der Waals surface area contributed by atoms with E-state index in [0.717, 1.165) is 53.2 Å². The minimum atomic E-state index is -0.253. The first kappa shape index (κ1) is 23.7. The zero-order valence-corrected chi connectivity index (χ0v) is 21.0. The van der Waals surface area contributed by atoms with E-state index in [9.17, 15) is 4.79 Å². The van der Waals surface area contributed by atoms with Gasteiger partial charge in [0.25, 0.3) is 0 Å². The molecule has 1 aliphatic heterocycles. The lowest BCUT2D eigenvalue weighted by atomic mass is 10.1. The topological polar surface area (TPSA) is 95.5 Å². The van der Waals surface area contributed by atoms with Crippen LogP contribution in [0.25, 0.3) is 21.3 Å². The Hall–Kier alpha value is -4.02. The Morgan fingerprint density at radius 1 is 1.17 bits per heavy atom. The van der Waals surface area contributed by atoms with Crippen molar-refractivity contribution in [2.45, 2.75) is 0 Å². The Bertz CT molecular complexity index is 1410. The van der Waals surface area contributed by atoms with Gasteiger partial charge in [-0.15, -0.1) is 11.3 Å². The maximum Gasteiger partial charge on any atom is 0.247 e. The summed E-state index contributed by atoms with van der Waals surface area (Å²) in [4.78, 5) is 30.2. The molecule has 36 heavy (non-hydrogen) atoms. The number of benzene rings is 1. The number of thiophene rings is 1. The first-order chi connectivity index (χ1) is 17.5. The number of ether oxygens (including phenoxy) is 1. The van der Waals surface area contributed by atoms with Crippen molar-refractivity contribution in [3.05, 3.63) is 60.8 Å². The van der Waals surface area contributed by atoms with Crippen molar-refractivity contribution in [2.24, 2.45) is 0 Å². The number of aromatic nitrogens is 3. The van der Waals surface area contributed by atoms with Gasteiger partial charge in [-0.3, -0.25) is 4.79 Å². The number of piperazine rings is 1. The molecule has 4 heterocycles. The summed E-state index contributed by atoms with van der Waals surface area (Å²) < 4.78 is 6.59. The predicted molar refractivity (Wildman–Crippen MR) is 145 cm³/mol. The number of amides is 1. The number of hydrogen-bond acceptors (Lipinski definition) is 9. The van der Waals surface area contributed by atoms with Gasteiger partial charge in [0.05, 0.1) is 35.4 Å². The van der Waals surface area contributed by atoms with E-state index in [2.05, 4.69) is 44.0 Å². The van der Waals surface area contributed by atoms with E-state index in [4.69, 9.17) is 9.72 Å². The summed E-state index contributed by atoms with van der Waals surface area (Å²) in [6.07, 6.45) is 4.90. The van der Waals surface area contributed by atoms with Crippen LogP contribution in [0.2, 0.25) is 0 Å². The van der Waals surface area contributed by atoms with Gasteiger partial charge in [0.1, 0.15) is 0 Å². The van der Waals surface area contributed by atoms with E-state index in [1.807, 2.05) is 41.9 Å². The number of hydrogen-bond donors (Lipinski definition) is 2. The maximum absolute atomic E-state index is 11.7. The van der Waals surface area contributed by atoms with Crippen LogP contribution in [0.1, 0.15) is 0 Å². The lowest BCUT2D eigenvalue weighted by Crippen LogP contribution is -2.44. The Morgan fingerprint density at radius 3 is 2.78 bits per heavy atom. The number of pyridine rings is 1. The van der Waals surface area contributed by atoms with E-state index in [-0.39, 0.29) is 5.91 Å². The van der Waals surface area contributed by atoms with Gasteiger partial charge in [-0.05, 0) is 30.8 Å². The van der Waals surface area contributed by atoms with Crippen LogP contribution in [0.15, 0.2) is 60.8 Å². The third kappa shape index (κ3) is 5.00. The molecule has 0 radical (unpaired) electrons. The Morgan fingerprint density at radius 2 is 2.00 bits per heavy atom. The fraction of sp³-hybridized carbons (Fsp3) is 0.231. The van der Waals surface area contributed by atoms with Crippen molar-refractivity contribution in [3.8, 4) is 16.9 Å². The molecule has 1 amide bonds. The van der Waals surface area contributed by atoms with Crippen LogP contribution in [0.4, 0.5) is 23.1 Å². The molecule has 0 bridgehead atoms. The van der Waals surface area contributed by atoms with Gasteiger partial charge in [0.15, 0.2) is 11.6 Å². The number of likely N-dealkylation sites (N-methyl/N-ethyl adjacent to an activating group) is 1. The lowest BCUT2D eigenvalue weighted by molar-refractivity contribution is -0.111. The van der Waals surface area contributed by atoms with E-state index < -0.39 is 0 Å². The minimum Gasteiger partial charge on any atom is -0.493 e. The fourth-order valence-corrected chi connectivity index (χ4v) is 4.95. The summed E-state index contributed by atoms with van der Waals surface area (Å²) in [5, 5.41) is 8.06. The van der Waals surface area contributed by atoms with Gasteiger partial charge >= 0.3 is 0 Å². The van der Waals surface area contributed by atoms with Crippen LogP contribution in [-0.4, -0.2) is 66.1 Å². The highest BCUT2D eigenvalue weighted by molar-refractivity contribution is 7.17. The quantitative estimate of drug-likeness (QED) is 0.360. The first-order valence-electron chi connectivity index (χ1n) is 11.6. The summed E-state index contributed by atoms with van der Waals surface area (Å²) in [5.41, 5.74) is 4.45. The highest BCUT2D eigenvalue weighted by atomic mass is 32.1. The average molecular weight is 502 g/mol. The molecule has 1 aliphatic rings. The molecule has 10 heteroatoms. The largest absolute Gasteiger partial charge is 0.493 e. The first-order valence-corrected chi connectivity index (χ1v) is 12.4. The number of rotatable bonds is 7. The van der Waals surface area contributed by atoms with E-state index in [1.165, 1.54) is 6.08 Å². The molecule has 0 saturated carbocycles. The SMILES string of the molecule is C=CC(=O)Nc1cccc(-c2csc3cnc(Nc4ncc(N5CCN(C)CC5)cc4OC)nc23)c1. The molecule has 4 aromatic rings. The summed E-state index contributed by atoms with van der Waals surface area (Å²) in [6.45, 7) is 7.44. The zero-order valence-electron chi connectivity index (χ0n) is 20.2. The highest BCUT2D eigenvalue weighted by Crippen LogP contribution is 2.35. The standard InChI is InChI=1S/C26H27N7O2S/c1-4-23(34)29-18-7-5-6-17(12-18)20-16-36-22-15-28-26(30-24(20)22)31-25-21(35-3)13-19(14-27-25)33-10-8-32(2)9-11-33/h4-7,12-16H,1,8-11H2,2-3H3,(H,29,34)(H,27,28,30,31). The number of anilines is 4. The van der Waals surface area contributed by atoms with E-state index in [0.29, 0.717) is 23.2 Å². The second-order valence-corrected chi connectivity index (χ2v) is 9.40. The predicted octanol–water partition coefficient (Wildman–Crippen LogP) is 4.38. The lowest BCUT2D eigenvalue weighted by Gasteiger charge is -2.34. The van der Waals surface area contributed by atoms with Gasteiger partial charge in [0, 0.05) is 48.9 Å². The number of nitrogens with one attached hydrogen (secondary N) is 2. The highest BCUT2D eigenvalue weighted by Gasteiger charge is 2.18. The molecule has 0 atom stereocenters. The van der Waals surface area contributed by atoms with Crippen LogP contribution in [0, 0.1) is 0 Å². The fourth-order valence-electron chi connectivity index (χ4n) is 4.08. The molecule has 0 spiro atoms. The molecule has 0 unspecified atom stereocenters. The molecular formula is C26H27N7O2S. The van der Waals surface area contributed by atoms with E-state index >= 15 is 0 Å². The Labute approximate surface area is 213 Å². The van der Waals surface area contributed by atoms with Gasteiger partial charge in [0.2, 0.25) is 11.9 Å². The summed E-state index contributed by atoms with van der Waals surface area (Å²) in [7, 11) is 3.77. The van der Waals surface area contributed by atoms with Crippen molar-refractivity contribution < 1.29 is 9.53 Å². The molecule has 5 rings (SSSR count). The molecule has 1 saturated heterocycles. The van der Waals surface area contributed by atoms with Crippen molar-refractivity contribution >= 4 is 50.6 Å². The number of nitrogens with zero attached hydrogens (tertiary/aromatic N) is 5. The van der Waals surface area contributed by atoms with Crippen molar-refractivity contribution in [3.63, 3.8) is 0 Å². The van der Waals surface area contributed by atoms with E-state index in [1.54, 1.807) is 24.6 Å². The molecule has 2 N–H and O–H groups in total. The molecule has 9 nitrogen and oxygen atoms in total. The maximum atomic E-state index is 11.7. The average Bonchev–Trinajstić information content (AvgIpc) is 3.33. The van der Waals surface area contributed by atoms with Gasteiger partial charge in [-0.1, -0.05) is 18.7 Å². The molecular weight excluding hydrogens is 474 g/mol. The zero-order chi connectivity index (χ0) is 25.1. The second-order valence-electron chi connectivity index (χ2n) is 8.49. The summed E-state index contributed by atoms with van der Waals surface area (Å²) >= 11 is 1.57. The summed E-state index contributed by atoms with van der Waals surface area (Å²) in [5.74, 6) is 1.36. The van der Waals surface area contributed by atoms with Crippen LogP contribution >= 0.6 is 11.3 Å². The van der Waals surface area contributed by atoms with Crippen LogP contribution in [-0.2, 0) is 4.79 Å². The minimum absolute atomic E-state index is 0.253. The number of carbonyl (C=O) groups is 1. The van der Waals surface area contributed by atoms with Crippen molar-refractivity contribution in [1.29, 1.82) is 0 Å². The summed E-state index contributed by atoms with van der Waals surface area (Å²) in [6, 6.07) is 9.64. The van der Waals surface area contributed by atoms with Crippen molar-refractivity contribution in [1.82, 2.24) is 19.9 Å². The smallest absolute Gasteiger partial charge is 0.247 e. The Balaban J connectivity index is 1.41. The number of methoxy groups -OCH3 is 1. The number of carbonyl (C=O) groups excluding carboxylic acids is 1.